The molecule has 120 valence electrons. The van der Waals surface area contributed by atoms with Crippen molar-refractivity contribution in [2.24, 2.45) is 0 Å². The number of hydrogen-bond donors (Lipinski definition) is 3. The summed E-state index contributed by atoms with van der Waals surface area (Å²) >= 11 is 4.87. The Labute approximate surface area is 133 Å². The minimum atomic E-state index is -0.736. The van der Waals surface area contributed by atoms with Crippen molar-refractivity contribution in [2.45, 2.75) is 0 Å². The molecule has 0 fully saturated rings. The van der Waals surface area contributed by atoms with E-state index in [2.05, 4.69) is 20.9 Å². The third kappa shape index (κ3) is 5.94. The topological polar surface area (TPSA) is 97.9 Å². The number of hydrazine groups is 1. The minimum Gasteiger partial charge on any atom is -0.490 e. The van der Waals surface area contributed by atoms with Gasteiger partial charge in [0.05, 0.1) is 19.3 Å². The molecule has 0 aliphatic rings. The van der Waals surface area contributed by atoms with Gasteiger partial charge in [0.15, 0.2) is 5.11 Å². The van der Waals surface area contributed by atoms with E-state index in [1.54, 1.807) is 31.4 Å². The van der Waals surface area contributed by atoms with Gasteiger partial charge >= 0.3 is 6.09 Å². The molecule has 0 atom stereocenters. The van der Waals surface area contributed by atoms with Crippen LogP contribution < -0.4 is 20.9 Å². The van der Waals surface area contributed by atoms with Gasteiger partial charge in [0.25, 0.3) is 5.91 Å². The number of thiocarbonyl (C=S) groups is 1. The van der Waals surface area contributed by atoms with Gasteiger partial charge in [0, 0.05) is 7.11 Å². The van der Waals surface area contributed by atoms with Gasteiger partial charge in [-0.15, -0.1) is 0 Å². The van der Waals surface area contributed by atoms with Crippen molar-refractivity contribution in [3.63, 3.8) is 0 Å². The van der Waals surface area contributed by atoms with Crippen LogP contribution in [0.5, 0.6) is 5.75 Å². The van der Waals surface area contributed by atoms with Gasteiger partial charge in [-0.1, -0.05) is 12.1 Å². The molecule has 0 aliphatic heterocycles. The smallest absolute Gasteiger partial charge is 0.425 e. The van der Waals surface area contributed by atoms with Gasteiger partial charge in [-0.2, -0.15) is 0 Å². The van der Waals surface area contributed by atoms with Gasteiger partial charge in [-0.05, 0) is 24.4 Å². The van der Waals surface area contributed by atoms with Crippen LogP contribution in [0.1, 0.15) is 10.4 Å². The van der Waals surface area contributed by atoms with Crippen LogP contribution in [0.15, 0.2) is 24.3 Å². The maximum Gasteiger partial charge on any atom is 0.425 e. The summed E-state index contributed by atoms with van der Waals surface area (Å²) in [7, 11) is 2.76. The summed E-state index contributed by atoms with van der Waals surface area (Å²) < 4.78 is 14.7. The van der Waals surface area contributed by atoms with Gasteiger partial charge in [-0.25, -0.2) is 10.2 Å². The molecule has 2 amide bonds. The fourth-order valence-electron chi connectivity index (χ4n) is 1.38. The summed E-state index contributed by atoms with van der Waals surface area (Å²) in [6, 6.07) is 6.69. The van der Waals surface area contributed by atoms with Crippen LogP contribution in [0.3, 0.4) is 0 Å². The van der Waals surface area contributed by atoms with Crippen molar-refractivity contribution in [1.29, 1.82) is 0 Å². The molecule has 1 rings (SSSR count). The first-order valence-corrected chi connectivity index (χ1v) is 6.65. The molecule has 0 saturated carbocycles. The number of rotatable bonds is 5. The first-order valence-electron chi connectivity index (χ1n) is 6.24. The molecule has 0 radical (unpaired) electrons. The molecule has 1 aromatic rings. The van der Waals surface area contributed by atoms with Crippen LogP contribution in [0.4, 0.5) is 4.79 Å². The normalized spacial score (nSPS) is 9.55. The predicted molar refractivity (Wildman–Crippen MR) is 82.6 cm³/mol. The maximum absolute atomic E-state index is 12.1. The second-order valence-electron chi connectivity index (χ2n) is 3.86. The number of ether oxygens (including phenoxy) is 3. The number of hydrogen-bond acceptors (Lipinski definition) is 6. The maximum atomic E-state index is 12.1. The van der Waals surface area contributed by atoms with E-state index in [-0.39, 0.29) is 5.11 Å². The number of methoxy groups -OCH3 is 2. The number of carbonyl (C=O) groups excluding carboxylic acids is 2. The van der Waals surface area contributed by atoms with Crippen molar-refractivity contribution in [1.82, 2.24) is 16.2 Å². The molecule has 0 bridgehead atoms. The Balaban J connectivity index is 2.61. The third-order valence-electron chi connectivity index (χ3n) is 2.37. The predicted octanol–water partition coefficient (Wildman–Crippen LogP) is 0.587. The van der Waals surface area contributed by atoms with Gasteiger partial charge in [0.2, 0.25) is 0 Å². The molecule has 22 heavy (non-hydrogen) atoms. The fraction of sp³-hybridized carbons (Fsp3) is 0.308. The quantitative estimate of drug-likeness (QED) is 0.413. The van der Waals surface area contributed by atoms with Crippen molar-refractivity contribution in [3.05, 3.63) is 29.8 Å². The van der Waals surface area contributed by atoms with Gasteiger partial charge < -0.3 is 14.2 Å². The monoisotopic (exact) mass is 327 g/mol. The first-order chi connectivity index (χ1) is 10.6. The Morgan fingerprint density at radius 1 is 1.14 bits per heavy atom. The molecule has 0 aliphatic carbocycles. The molecule has 8 nitrogen and oxygen atoms in total. The summed E-state index contributed by atoms with van der Waals surface area (Å²) in [4.78, 5) is 23.0. The number of para-hydroxylation sites is 1. The molecule has 0 heterocycles. The summed E-state index contributed by atoms with van der Waals surface area (Å²) in [5.41, 5.74) is 4.76. The lowest BCUT2D eigenvalue weighted by molar-refractivity contribution is 0.0968. The Bertz CT molecular complexity index is 538. The van der Waals surface area contributed by atoms with E-state index >= 15 is 0 Å². The molecular weight excluding hydrogens is 310 g/mol. The molecule has 9 heteroatoms. The Hall–Kier alpha value is -2.39. The second kappa shape index (κ2) is 9.53. The standard InChI is InChI=1S/C13H17N3O5S/c1-19-7-8-21-10-6-4-3-5-9(10)11(17)14-12(22)15-16-13(18)20-2/h3-6H,7-8H2,1-2H3,(H,16,18)(H2,14,15,17,22). The van der Waals surface area contributed by atoms with Crippen LogP contribution >= 0.6 is 12.2 Å². The lowest BCUT2D eigenvalue weighted by atomic mass is 10.2. The zero-order valence-corrected chi connectivity index (χ0v) is 13.0. The lowest BCUT2D eigenvalue weighted by Gasteiger charge is -2.12. The van der Waals surface area contributed by atoms with Crippen LogP contribution in [-0.4, -0.2) is 44.5 Å². The van der Waals surface area contributed by atoms with Gasteiger partial charge in [-0.3, -0.25) is 15.5 Å². The highest BCUT2D eigenvalue weighted by atomic mass is 32.1. The first kappa shape index (κ1) is 17.7. The molecule has 0 saturated heterocycles. The second-order valence-corrected chi connectivity index (χ2v) is 4.27. The molecule has 3 N–H and O–H groups in total. The van der Waals surface area contributed by atoms with E-state index in [0.717, 1.165) is 0 Å². The Kier molecular flexibility index (Phi) is 7.65. The number of nitrogens with one attached hydrogen (secondary N) is 3. The van der Waals surface area contributed by atoms with Crippen molar-refractivity contribution < 1.29 is 23.8 Å². The van der Waals surface area contributed by atoms with Crippen molar-refractivity contribution >= 4 is 29.3 Å². The SMILES string of the molecule is COCCOc1ccccc1C(=O)NC(=S)NNC(=O)OC. The molecule has 0 aromatic heterocycles. The van der Waals surface area contributed by atoms with Crippen LogP contribution in [-0.2, 0) is 9.47 Å². The molecule has 1 aromatic carbocycles. The van der Waals surface area contributed by atoms with Crippen molar-refractivity contribution in [3.8, 4) is 5.75 Å². The van der Waals surface area contributed by atoms with E-state index in [1.807, 2.05) is 0 Å². The van der Waals surface area contributed by atoms with Crippen LogP contribution in [0.2, 0.25) is 0 Å². The largest absolute Gasteiger partial charge is 0.490 e. The van der Waals surface area contributed by atoms with E-state index in [0.29, 0.717) is 24.5 Å². The lowest BCUT2D eigenvalue weighted by Crippen LogP contribution is -2.48. The van der Waals surface area contributed by atoms with Crippen LogP contribution in [0, 0.1) is 0 Å². The third-order valence-corrected chi connectivity index (χ3v) is 2.57. The number of carbonyl (C=O) groups is 2. The highest BCUT2D eigenvalue weighted by molar-refractivity contribution is 7.80. The van der Waals surface area contributed by atoms with Crippen LogP contribution in [0.25, 0.3) is 0 Å². The average molecular weight is 327 g/mol. The Morgan fingerprint density at radius 3 is 2.55 bits per heavy atom. The average Bonchev–Trinajstić information content (AvgIpc) is 2.53. The van der Waals surface area contributed by atoms with Crippen molar-refractivity contribution in [2.75, 3.05) is 27.4 Å². The zero-order chi connectivity index (χ0) is 16.4. The minimum absolute atomic E-state index is 0.0814. The molecule has 0 spiro atoms. The summed E-state index contributed by atoms with van der Waals surface area (Å²) in [5.74, 6) is -0.0713. The van der Waals surface area contributed by atoms with E-state index in [9.17, 15) is 9.59 Å². The number of benzene rings is 1. The summed E-state index contributed by atoms with van der Waals surface area (Å²) in [6.07, 6.45) is -0.736. The Morgan fingerprint density at radius 2 is 1.86 bits per heavy atom. The summed E-state index contributed by atoms with van der Waals surface area (Å²) in [5, 5.41) is 2.32. The zero-order valence-electron chi connectivity index (χ0n) is 12.2. The summed E-state index contributed by atoms with van der Waals surface area (Å²) in [6.45, 7) is 0.715. The van der Waals surface area contributed by atoms with E-state index < -0.39 is 12.0 Å². The molecular formula is C13H17N3O5S. The van der Waals surface area contributed by atoms with E-state index in [1.165, 1.54) is 7.11 Å². The highest BCUT2D eigenvalue weighted by Gasteiger charge is 2.13. The van der Waals surface area contributed by atoms with E-state index in [4.69, 9.17) is 21.7 Å². The number of amides is 2. The van der Waals surface area contributed by atoms with Gasteiger partial charge in [0.1, 0.15) is 12.4 Å². The highest BCUT2D eigenvalue weighted by Crippen LogP contribution is 2.17. The fourth-order valence-corrected chi connectivity index (χ4v) is 1.52. The molecule has 0 unspecified atom stereocenters.